The Balaban J connectivity index is 2.99. The first-order valence-corrected chi connectivity index (χ1v) is 14.0. The van der Waals surface area contributed by atoms with Crippen LogP contribution in [0.25, 0.3) is 0 Å². The second kappa shape index (κ2) is 14.7. The molecule has 1 aliphatic rings. The number of amides is 3. The van der Waals surface area contributed by atoms with Crippen LogP contribution in [0.5, 0.6) is 0 Å². The first-order chi connectivity index (χ1) is 17.5. The number of nitrogens with one attached hydrogen (secondary N) is 2. The van der Waals surface area contributed by atoms with Crippen molar-refractivity contribution in [3.05, 3.63) is 11.6 Å². The maximum Gasteiger partial charge on any atom is 0.325 e. The van der Waals surface area contributed by atoms with E-state index in [2.05, 4.69) is 29.4 Å². The maximum atomic E-state index is 13.7. The number of rotatable bonds is 11. The first kappa shape index (κ1) is 33.6. The maximum absolute atomic E-state index is 13.7. The van der Waals surface area contributed by atoms with Crippen molar-refractivity contribution in [3.8, 4) is 0 Å². The molecule has 1 rings (SSSR count). The standard InChI is InChI=1S/C29H52N4O5/c1-18(2)23(16-21(7)26(35)30-17-24(34)38-29(8,9)10)32(11)28(37)25(19(3)4)31-27(36)22-14-12-13-15-33(22)20(5)6/h16,18-20,22-23,25H,12-15,17H2,1-11H3,(H,30,35)(H,31,36)/b21-16+/t22-,23-,25+/m1/s1. The zero-order valence-corrected chi connectivity index (χ0v) is 25.5. The van der Waals surface area contributed by atoms with Crippen LogP contribution in [-0.4, -0.2) is 83.4 Å². The van der Waals surface area contributed by atoms with Gasteiger partial charge in [0.1, 0.15) is 18.2 Å². The number of ether oxygens (including phenoxy) is 1. The molecule has 218 valence electrons. The van der Waals surface area contributed by atoms with Crippen LogP contribution in [0, 0.1) is 11.8 Å². The topological polar surface area (TPSA) is 108 Å². The van der Waals surface area contributed by atoms with E-state index in [1.54, 1.807) is 45.7 Å². The van der Waals surface area contributed by atoms with Crippen molar-refractivity contribution >= 4 is 23.7 Å². The Hall–Kier alpha value is -2.42. The minimum atomic E-state index is -0.681. The van der Waals surface area contributed by atoms with Gasteiger partial charge >= 0.3 is 5.97 Å². The largest absolute Gasteiger partial charge is 0.459 e. The van der Waals surface area contributed by atoms with Gasteiger partial charge in [0, 0.05) is 18.7 Å². The summed E-state index contributed by atoms with van der Waals surface area (Å²) in [6, 6.07) is -1.05. The Bertz CT molecular complexity index is 860. The monoisotopic (exact) mass is 536 g/mol. The van der Waals surface area contributed by atoms with E-state index in [-0.39, 0.29) is 48.3 Å². The molecule has 1 aliphatic heterocycles. The number of likely N-dealkylation sites (N-methyl/N-ethyl adjacent to an activating group) is 1. The summed E-state index contributed by atoms with van der Waals surface area (Å²) < 4.78 is 5.24. The highest BCUT2D eigenvalue weighted by Crippen LogP contribution is 2.21. The van der Waals surface area contributed by atoms with Crippen LogP contribution in [0.4, 0.5) is 0 Å². The van der Waals surface area contributed by atoms with Crippen LogP contribution in [-0.2, 0) is 23.9 Å². The second-order valence-electron chi connectivity index (χ2n) is 12.4. The molecule has 0 unspecified atom stereocenters. The number of hydrogen-bond donors (Lipinski definition) is 2. The third kappa shape index (κ3) is 10.4. The van der Waals surface area contributed by atoms with E-state index in [0.29, 0.717) is 5.57 Å². The molecule has 0 bridgehead atoms. The molecule has 1 fully saturated rings. The Labute approximate surface area is 230 Å². The number of likely N-dealkylation sites (tertiary alicyclic amines) is 1. The molecule has 0 aromatic heterocycles. The number of carbonyl (C=O) groups is 4. The quantitative estimate of drug-likeness (QED) is 0.310. The third-order valence-corrected chi connectivity index (χ3v) is 6.81. The summed E-state index contributed by atoms with van der Waals surface area (Å²) in [4.78, 5) is 55.4. The molecule has 1 heterocycles. The molecule has 0 saturated carbocycles. The summed E-state index contributed by atoms with van der Waals surface area (Å²) in [5.41, 5.74) is -0.239. The minimum absolute atomic E-state index is 0.0100. The molecule has 38 heavy (non-hydrogen) atoms. The normalized spacial score (nSPS) is 18.8. The Morgan fingerprint density at radius 3 is 2.13 bits per heavy atom. The van der Waals surface area contributed by atoms with Crippen molar-refractivity contribution in [1.29, 1.82) is 0 Å². The lowest BCUT2D eigenvalue weighted by molar-refractivity contribution is -0.154. The van der Waals surface area contributed by atoms with Gasteiger partial charge in [-0.15, -0.1) is 0 Å². The van der Waals surface area contributed by atoms with E-state index in [9.17, 15) is 19.2 Å². The molecule has 9 heteroatoms. The first-order valence-electron chi connectivity index (χ1n) is 14.0. The summed E-state index contributed by atoms with van der Waals surface area (Å²) in [5.74, 6) is -1.32. The van der Waals surface area contributed by atoms with Gasteiger partial charge in [-0.2, -0.15) is 0 Å². The highest BCUT2D eigenvalue weighted by molar-refractivity contribution is 5.95. The molecule has 3 atom stereocenters. The van der Waals surface area contributed by atoms with Gasteiger partial charge in [0.15, 0.2) is 0 Å². The molecule has 0 aliphatic carbocycles. The van der Waals surface area contributed by atoms with Gasteiger partial charge in [0.25, 0.3) is 0 Å². The van der Waals surface area contributed by atoms with Crippen molar-refractivity contribution < 1.29 is 23.9 Å². The second-order valence-corrected chi connectivity index (χ2v) is 12.4. The highest BCUT2D eigenvalue weighted by Gasteiger charge is 2.36. The average molecular weight is 537 g/mol. The average Bonchev–Trinajstić information content (AvgIpc) is 2.81. The summed E-state index contributed by atoms with van der Waals surface area (Å²) in [6.45, 7) is 19.6. The fourth-order valence-corrected chi connectivity index (χ4v) is 4.74. The Kier molecular flexibility index (Phi) is 13.0. The Morgan fingerprint density at radius 1 is 1.03 bits per heavy atom. The zero-order valence-electron chi connectivity index (χ0n) is 25.5. The van der Waals surface area contributed by atoms with Crippen LogP contribution in [0.3, 0.4) is 0 Å². The molecule has 3 amide bonds. The smallest absolute Gasteiger partial charge is 0.325 e. The molecule has 0 aromatic rings. The van der Waals surface area contributed by atoms with E-state index in [4.69, 9.17) is 4.74 Å². The summed E-state index contributed by atoms with van der Waals surface area (Å²) in [7, 11) is 1.71. The zero-order chi connectivity index (χ0) is 29.4. The lowest BCUT2D eigenvalue weighted by Gasteiger charge is -2.39. The molecular formula is C29H52N4O5. The fourth-order valence-electron chi connectivity index (χ4n) is 4.74. The van der Waals surface area contributed by atoms with E-state index < -0.39 is 23.5 Å². The van der Waals surface area contributed by atoms with Crippen molar-refractivity contribution in [2.45, 2.75) is 118 Å². The summed E-state index contributed by atoms with van der Waals surface area (Å²) >= 11 is 0. The number of hydrogen-bond acceptors (Lipinski definition) is 6. The van der Waals surface area contributed by atoms with E-state index in [1.165, 1.54) is 0 Å². The number of piperidine rings is 1. The van der Waals surface area contributed by atoms with Gasteiger partial charge in [-0.05, 0) is 72.8 Å². The molecule has 0 radical (unpaired) electrons. The van der Waals surface area contributed by atoms with Crippen molar-refractivity contribution in [2.24, 2.45) is 11.8 Å². The lowest BCUT2D eigenvalue weighted by atomic mass is 9.95. The predicted octanol–water partition coefficient (Wildman–Crippen LogP) is 3.28. The van der Waals surface area contributed by atoms with Crippen molar-refractivity contribution in [3.63, 3.8) is 0 Å². The number of carbonyl (C=O) groups excluding carboxylic acids is 4. The number of nitrogens with zero attached hydrogens (tertiary/aromatic N) is 2. The SMILES string of the molecule is C/C(=C\[C@H](C(C)C)N(C)C(=O)[C@@H](NC(=O)[C@H]1CCCCN1C(C)C)C(C)C)C(=O)NCC(=O)OC(C)(C)C. The van der Waals surface area contributed by atoms with Crippen LogP contribution in [0.2, 0.25) is 0 Å². The van der Waals surface area contributed by atoms with Crippen LogP contribution in [0.1, 0.15) is 88.5 Å². The third-order valence-electron chi connectivity index (χ3n) is 6.81. The predicted molar refractivity (Wildman–Crippen MR) is 150 cm³/mol. The molecule has 0 spiro atoms. The van der Waals surface area contributed by atoms with E-state index in [1.807, 2.05) is 27.7 Å². The van der Waals surface area contributed by atoms with Crippen LogP contribution in [0.15, 0.2) is 11.6 Å². The van der Waals surface area contributed by atoms with Gasteiger partial charge in [-0.1, -0.05) is 40.2 Å². The van der Waals surface area contributed by atoms with Gasteiger partial charge in [-0.3, -0.25) is 24.1 Å². The van der Waals surface area contributed by atoms with Gasteiger partial charge in [0.05, 0.1) is 12.1 Å². The summed E-state index contributed by atoms with van der Waals surface area (Å²) in [6.07, 6.45) is 4.60. The molecule has 0 aromatic carbocycles. The fraction of sp³-hybridized carbons (Fsp3) is 0.793. The molecule has 1 saturated heterocycles. The van der Waals surface area contributed by atoms with E-state index in [0.717, 1.165) is 25.8 Å². The number of esters is 1. The highest BCUT2D eigenvalue weighted by atomic mass is 16.6. The van der Waals surface area contributed by atoms with Gasteiger partial charge in [0.2, 0.25) is 17.7 Å². The molecular weight excluding hydrogens is 484 g/mol. The Morgan fingerprint density at radius 2 is 1.63 bits per heavy atom. The van der Waals surface area contributed by atoms with Crippen molar-refractivity contribution in [1.82, 2.24) is 20.4 Å². The summed E-state index contributed by atoms with van der Waals surface area (Å²) in [5, 5.41) is 5.64. The molecule has 2 N–H and O–H groups in total. The van der Waals surface area contributed by atoms with E-state index >= 15 is 0 Å². The van der Waals surface area contributed by atoms with Crippen molar-refractivity contribution in [2.75, 3.05) is 20.1 Å². The van der Waals surface area contributed by atoms with Crippen LogP contribution < -0.4 is 10.6 Å². The van der Waals surface area contributed by atoms with Gasteiger partial charge in [-0.25, -0.2) is 0 Å². The lowest BCUT2D eigenvalue weighted by Crippen LogP contribution is -2.58. The van der Waals surface area contributed by atoms with Gasteiger partial charge < -0.3 is 20.3 Å². The molecule has 9 nitrogen and oxygen atoms in total. The minimum Gasteiger partial charge on any atom is -0.459 e. The van der Waals surface area contributed by atoms with Crippen LogP contribution >= 0.6 is 0 Å².